The van der Waals surface area contributed by atoms with Gasteiger partial charge in [0.05, 0.1) is 11.7 Å². The van der Waals surface area contributed by atoms with E-state index in [0.717, 1.165) is 52.6 Å². The summed E-state index contributed by atoms with van der Waals surface area (Å²) in [6, 6.07) is 18.9. The van der Waals surface area contributed by atoms with Gasteiger partial charge >= 0.3 is 6.09 Å². The topological polar surface area (TPSA) is 56.6 Å². The third-order valence-corrected chi connectivity index (χ3v) is 8.40. The Balaban J connectivity index is 1.53. The normalized spacial score (nSPS) is 16.0. The van der Waals surface area contributed by atoms with Crippen LogP contribution in [0, 0.1) is 0 Å². The summed E-state index contributed by atoms with van der Waals surface area (Å²) in [6.07, 6.45) is 3.52. The van der Waals surface area contributed by atoms with E-state index in [9.17, 15) is 4.79 Å². The average Bonchev–Trinajstić information content (AvgIpc) is 3.48. The number of imidazole rings is 1. The van der Waals surface area contributed by atoms with Crippen molar-refractivity contribution in [2.24, 2.45) is 0 Å². The Morgan fingerprint density at radius 3 is 2.57 bits per heavy atom. The number of hydrogen-bond acceptors (Lipinski definition) is 4. The van der Waals surface area contributed by atoms with Crippen molar-refractivity contribution in [2.45, 2.75) is 57.9 Å². The van der Waals surface area contributed by atoms with E-state index in [1.54, 1.807) is 0 Å². The van der Waals surface area contributed by atoms with Gasteiger partial charge in [0.25, 0.3) is 0 Å². The number of likely N-dealkylation sites (tertiary alicyclic amines) is 1. The molecule has 0 unspecified atom stereocenters. The average molecular weight is 557 g/mol. The lowest BCUT2D eigenvalue weighted by molar-refractivity contribution is 0.0743. The first kappa shape index (κ1) is 25.7. The Kier molecular flexibility index (Phi) is 8.46. The van der Waals surface area contributed by atoms with Crippen LogP contribution in [0.5, 0.6) is 0 Å². The maximum absolute atomic E-state index is 13.0. The van der Waals surface area contributed by atoms with Gasteiger partial charge in [-0.3, -0.25) is 4.90 Å². The molecule has 0 spiro atoms. The van der Waals surface area contributed by atoms with E-state index in [-0.39, 0.29) is 18.7 Å². The van der Waals surface area contributed by atoms with Crippen LogP contribution in [-0.2, 0) is 22.8 Å². The van der Waals surface area contributed by atoms with Crippen LogP contribution in [0.3, 0.4) is 0 Å². The predicted molar refractivity (Wildman–Crippen MR) is 145 cm³/mol. The molecule has 1 aliphatic rings. The first-order chi connectivity index (χ1) is 16.8. The first-order valence-corrected chi connectivity index (χ1v) is 16.7. The maximum Gasteiger partial charge on any atom is 0.410 e. The fourth-order valence-corrected chi connectivity index (χ4v) is 5.18. The van der Waals surface area contributed by atoms with Crippen LogP contribution in [0.2, 0.25) is 25.7 Å². The molecule has 4 rings (SSSR count). The molecule has 2 aromatic carbocycles. The van der Waals surface area contributed by atoms with E-state index in [1.807, 2.05) is 65.7 Å². The highest BCUT2D eigenvalue weighted by molar-refractivity contribution is 9.10. The van der Waals surface area contributed by atoms with Gasteiger partial charge in [-0.1, -0.05) is 78.0 Å². The Morgan fingerprint density at radius 2 is 1.86 bits per heavy atom. The van der Waals surface area contributed by atoms with Crippen molar-refractivity contribution in [3.63, 3.8) is 0 Å². The Bertz CT molecular complexity index is 1110. The van der Waals surface area contributed by atoms with E-state index < -0.39 is 8.07 Å². The smallest absolute Gasteiger partial charge is 0.410 e. The molecule has 0 N–H and O–H groups in total. The summed E-state index contributed by atoms with van der Waals surface area (Å²) in [7, 11) is -1.17. The van der Waals surface area contributed by atoms with Crippen molar-refractivity contribution in [2.75, 3.05) is 13.2 Å². The second kappa shape index (κ2) is 11.5. The summed E-state index contributed by atoms with van der Waals surface area (Å²) in [5.74, 6) is 0.852. The number of amides is 1. The zero-order valence-electron chi connectivity index (χ0n) is 20.7. The molecule has 1 aliphatic heterocycles. The number of nitrogens with zero attached hydrogens (tertiary/aromatic N) is 3. The highest BCUT2D eigenvalue weighted by Gasteiger charge is 2.34. The Hall–Kier alpha value is -2.42. The largest absolute Gasteiger partial charge is 0.445 e. The molecule has 1 amide bonds. The molecular weight excluding hydrogens is 522 g/mol. The number of benzene rings is 2. The van der Waals surface area contributed by atoms with Crippen LogP contribution in [0.15, 0.2) is 65.3 Å². The van der Waals surface area contributed by atoms with Crippen molar-refractivity contribution in [3.8, 4) is 11.3 Å². The van der Waals surface area contributed by atoms with Crippen LogP contribution in [0.25, 0.3) is 11.3 Å². The van der Waals surface area contributed by atoms with Crippen LogP contribution >= 0.6 is 15.9 Å². The zero-order valence-corrected chi connectivity index (χ0v) is 23.3. The molecule has 6 nitrogen and oxygen atoms in total. The number of carbonyl (C=O) groups excluding carboxylic acids is 1. The summed E-state index contributed by atoms with van der Waals surface area (Å²) in [5, 5.41) is 0. The van der Waals surface area contributed by atoms with Crippen molar-refractivity contribution in [1.29, 1.82) is 0 Å². The maximum atomic E-state index is 13.0. The van der Waals surface area contributed by atoms with Gasteiger partial charge in [-0.05, 0) is 36.6 Å². The molecule has 1 saturated heterocycles. The van der Waals surface area contributed by atoms with Crippen molar-refractivity contribution < 1.29 is 14.3 Å². The minimum absolute atomic E-state index is 0.136. The lowest BCUT2D eigenvalue weighted by Gasteiger charge is -2.24. The minimum Gasteiger partial charge on any atom is -0.445 e. The third kappa shape index (κ3) is 7.05. The lowest BCUT2D eigenvalue weighted by Crippen LogP contribution is -2.32. The van der Waals surface area contributed by atoms with E-state index in [0.29, 0.717) is 13.3 Å². The van der Waals surface area contributed by atoms with Crippen LogP contribution < -0.4 is 0 Å². The molecule has 8 heteroatoms. The van der Waals surface area contributed by atoms with Gasteiger partial charge < -0.3 is 14.0 Å². The number of halogens is 1. The number of aromatic nitrogens is 2. The summed E-state index contributed by atoms with van der Waals surface area (Å²) in [4.78, 5) is 19.8. The second-order valence-electron chi connectivity index (χ2n) is 10.2. The van der Waals surface area contributed by atoms with Gasteiger partial charge in [-0.2, -0.15) is 0 Å². The van der Waals surface area contributed by atoms with Crippen LogP contribution in [0.4, 0.5) is 4.79 Å². The van der Waals surface area contributed by atoms with Crippen molar-refractivity contribution in [1.82, 2.24) is 14.5 Å². The van der Waals surface area contributed by atoms with Crippen LogP contribution in [-0.4, -0.2) is 41.8 Å². The molecular formula is C27H34BrN3O3Si. The Labute approximate surface area is 217 Å². The lowest BCUT2D eigenvalue weighted by atomic mass is 10.2. The molecule has 2 heterocycles. The number of ether oxygens (including phenoxy) is 2. The van der Waals surface area contributed by atoms with Gasteiger partial charge in [-0.15, -0.1) is 0 Å². The fraction of sp³-hybridized carbons (Fsp3) is 0.407. The SMILES string of the molecule is C[Si](C)(C)CCOCn1cc(-c2ccc(Br)cc2)nc1[C@@H]1CCCN1C(=O)OCc1ccccc1. The predicted octanol–water partition coefficient (Wildman–Crippen LogP) is 7.10. The van der Waals surface area contributed by atoms with E-state index >= 15 is 0 Å². The quantitative estimate of drug-likeness (QED) is 0.208. The van der Waals surface area contributed by atoms with Gasteiger partial charge in [0.1, 0.15) is 19.2 Å². The fourth-order valence-electron chi connectivity index (χ4n) is 4.16. The molecule has 0 radical (unpaired) electrons. The Morgan fingerprint density at radius 1 is 1.11 bits per heavy atom. The molecule has 3 aromatic rings. The summed E-state index contributed by atoms with van der Waals surface area (Å²) in [6.45, 7) is 9.13. The third-order valence-electron chi connectivity index (χ3n) is 6.16. The van der Waals surface area contributed by atoms with Gasteiger partial charge in [0.2, 0.25) is 0 Å². The molecule has 1 fully saturated rings. The monoisotopic (exact) mass is 555 g/mol. The van der Waals surface area contributed by atoms with Gasteiger partial charge in [0.15, 0.2) is 0 Å². The second-order valence-corrected chi connectivity index (χ2v) is 16.7. The van der Waals surface area contributed by atoms with E-state index in [4.69, 9.17) is 14.5 Å². The summed E-state index contributed by atoms with van der Waals surface area (Å²) >= 11 is 3.50. The molecule has 35 heavy (non-hydrogen) atoms. The molecule has 1 aromatic heterocycles. The van der Waals surface area contributed by atoms with E-state index in [2.05, 4.69) is 40.1 Å². The van der Waals surface area contributed by atoms with Gasteiger partial charge in [0, 0.05) is 37.5 Å². The zero-order chi connectivity index (χ0) is 24.8. The number of hydrogen-bond donors (Lipinski definition) is 0. The highest BCUT2D eigenvalue weighted by atomic mass is 79.9. The first-order valence-electron chi connectivity index (χ1n) is 12.2. The molecule has 0 aliphatic carbocycles. The molecule has 0 bridgehead atoms. The standard InChI is InChI=1S/C27H34BrN3O3Si/c1-35(2,3)17-16-33-20-30-18-24(22-11-13-23(28)14-12-22)29-26(30)25-10-7-15-31(25)27(32)34-19-21-8-5-4-6-9-21/h4-6,8-9,11-14,18,25H,7,10,15-17,19-20H2,1-3H3/t25-/m0/s1. The van der Waals surface area contributed by atoms with Crippen LogP contribution in [0.1, 0.15) is 30.3 Å². The minimum atomic E-state index is -1.17. The summed E-state index contributed by atoms with van der Waals surface area (Å²) in [5.41, 5.74) is 2.89. The molecule has 0 saturated carbocycles. The highest BCUT2D eigenvalue weighted by Crippen LogP contribution is 2.34. The summed E-state index contributed by atoms with van der Waals surface area (Å²) < 4.78 is 14.8. The molecule has 186 valence electrons. The molecule has 1 atom stereocenters. The number of carbonyl (C=O) groups is 1. The number of rotatable bonds is 9. The van der Waals surface area contributed by atoms with Gasteiger partial charge in [-0.25, -0.2) is 9.78 Å². The van der Waals surface area contributed by atoms with E-state index in [1.165, 1.54) is 0 Å². The van der Waals surface area contributed by atoms with Crippen molar-refractivity contribution >= 4 is 30.1 Å². The van der Waals surface area contributed by atoms with Crippen molar-refractivity contribution in [3.05, 3.63) is 76.7 Å².